The standard InChI is InChI=1S/C37H67NO14/c1-14-25-37(10,45)29(40)22(6)33(43)47-19(3)16-35(8,44)31(52-34-27(39)24(38(11)12)15-18(2)48-34)20(4)28(21(5)32(42)50-25)51-26-17-36(9,46-13)30(41)23(7)49-26/h18-31,34,39-41,44-45H,14-17H2,1-13H3/t18-,19-,20+,21-,22-,23+,24+,25-,26+,27-,28+,29-,30+,31?,34+,35-,36-,37-/m1/s1. The zero-order valence-corrected chi connectivity index (χ0v) is 33.3. The van der Waals surface area contributed by atoms with Gasteiger partial charge in [0.1, 0.15) is 30.0 Å². The summed E-state index contributed by atoms with van der Waals surface area (Å²) in [6.07, 6.45) is -11.0. The molecule has 3 aliphatic heterocycles. The number of esters is 2. The molecule has 3 aliphatic rings. The van der Waals surface area contributed by atoms with E-state index in [1.165, 1.54) is 27.9 Å². The summed E-state index contributed by atoms with van der Waals surface area (Å²) in [7, 11) is 5.16. The Morgan fingerprint density at radius 2 is 1.42 bits per heavy atom. The van der Waals surface area contributed by atoms with Gasteiger partial charge >= 0.3 is 11.9 Å². The molecule has 3 fully saturated rings. The second-order valence-electron chi connectivity index (χ2n) is 16.4. The number of hydrogen-bond acceptors (Lipinski definition) is 15. The normalized spacial score (nSPS) is 49.1. The maximum absolute atomic E-state index is 14.1. The van der Waals surface area contributed by atoms with E-state index in [-0.39, 0.29) is 31.4 Å². The fourth-order valence-corrected chi connectivity index (χ4v) is 8.14. The SMILES string of the molecule is CC[C@H]1OC(=O)[C@H](C)[C@@H](O[C@H]2C[C@@](C)(OC)[C@@H](O)[C@H](C)O2)[C@H](C)C(O[C@@H]2O[C@H](C)C[C@H](N(C)C)[C@H]2O)[C@](C)(O)C[C@@H](C)OC(=O)[C@H](C)[C@@H](O)[C@]1(C)O. The molecule has 3 heterocycles. The molecule has 0 aromatic heterocycles. The molecule has 0 amide bonds. The summed E-state index contributed by atoms with van der Waals surface area (Å²) in [4.78, 5) is 29.3. The number of aliphatic hydroxyl groups excluding tert-OH is 3. The Morgan fingerprint density at radius 1 is 0.827 bits per heavy atom. The summed E-state index contributed by atoms with van der Waals surface area (Å²) < 4.78 is 42.7. The molecule has 3 saturated heterocycles. The van der Waals surface area contributed by atoms with Gasteiger partial charge in [0.25, 0.3) is 0 Å². The maximum Gasteiger partial charge on any atom is 0.311 e. The van der Waals surface area contributed by atoms with Gasteiger partial charge in [-0.2, -0.15) is 0 Å². The largest absolute Gasteiger partial charge is 0.462 e. The van der Waals surface area contributed by atoms with Crippen LogP contribution in [0.5, 0.6) is 0 Å². The Labute approximate surface area is 309 Å². The Balaban J connectivity index is 2.18. The Morgan fingerprint density at radius 3 is 1.98 bits per heavy atom. The summed E-state index contributed by atoms with van der Waals surface area (Å²) >= 11 is 0. The van der Waals surface area contributed by atoms with Gasteiger partial charge in [-0.25, -0.2) is 0 Å². The van der Waals surface area contributed by atoms with Crippen molar-refractivity contribution in [2.45, 2.75) is 185 Å². The number of nitrogens with zero attached hydrogens (tertiary/aromatic N) is 1. The van der Waals surface area contributed by atoms with Crippen molar-refractivity contribution >= 4 is 11.9 Å². The van der Waals surface area contributed by atoms with Crippen molar-refractivity contribution < 1.29 is 68.3 Å². The highest BCUT2D eigenvalue weighted by molar-refractivity contribution is 5.74. The van der Waals surface area contributed by atoms with E-state index in [0.29, 0.717) is 6.42 Å². The average molecular weight is 750 g/mol. The molecule has 18 atom stereocenters. The van der Waals surface area contributed by atoms with Crippen molar-refractivity contribution in [3.8, 4) is 0 Å². The minimum absolute atomic E-state index is 0.0811. The second-order valence-corrected chi connectivity index (χ2v) is 16.4. The first-order valence-corrected chi connectivity index (χ1v) is 18.6. The van der Waals surface area contributed by atoms with Crippen LogP contribution < -0.4 is 0 Å². The quantitative estimate of drug-likeness (QED) is 0.234. The molecule has 3 rings (SSSR count). The van der Waals surface area contributed by atoms with Crippen LogP contribution in [-0.2, 0) is 42.7 Å². The molecule has 1 unspecified atom stereocenters. The van der Waals surface area contributed by atoms with E-state index in [4.69, 9.17) is 33.2 Å². The summed E-state index contributed by atoms with van der Waals surface area (Å²) in [5, 5.41) is 57.4. The van der Waals surface area contributed by atoms with Gasteiger partial charge in [-0.05, 0) is 82.3 Å². The minimum atomic E-state index is -2.06. The molecule has 304 valence electrons. The van der Waals surface area contributed by atoms with Crippen LogP contribution in [0.2, 0.25) is 0 Å². The van der Waals surface area contributed by atoms with E-state index in [9.17, 15) is 35.1 Å². The Kier molecular flexibility index (Phi) is 15.1. The van der Waals surface area contributed by atoms with Gasteiger partial charge in [0.05, 0.1) is 53.6 Å². The first kappa shape index (κ1) is 44.9. The number of aliphatic hydroxyl groups is 5. The summed E-state index contributed by atoms with van der Waals surface area (Å²) in [5.74, 6) is -4.82. The van der Waals surface area contributed by atoms with E-state index in [1.807, 2.05) is 25.9 Å². The predicted octanol–water partition coefficient (Wildman–Crippen LogP) is 1.51. The molecule has 0 aliphatic carbocycles. The lowest BCUT2D eigenvalue weighted by Crippen LogP contribution is -2.60. The van der Waals surface area contributed by atoms with Crippen LogP contribution in [0.1, 0.15) is 94.9 Å². The van der Waals surface area contributed by atoms with Gasteiger partial charge in [0.2, 0.25) is 0 Å². The van der Waals surface area contributed by atoms with Crippen LogP contribution in [0, 0.1) is 17.8 Å². The number of rotatable bonds is 7. The van der Waals surface area contributed by atoms with Crippen LogP contribution in [-0.4, -0.2) is 154 Å². The maximum atomic E-state index is 14.1. The second kappa shape index (κ2) is 17.5. The summed E-state index contributed by atoms with van der Waals surface area (Å²) in [5.41, 5.74) is -4.93. The van der Waals surface area contributed by atoms with Crippen LogP contribution in [0.15, 0.2) is 0 Å². The van der Waals surface area contributed by atoms with Gasteiger partial charge < -0.3 is 63.6 Å². The molecule has 0 aromatic rings. The van der Waals surface area contributed by atoms with Crippen molar-refractivity contribution in [3.05, 3.63) is 0 Å². The molecule has 15 heteroatoms. The molecular formula is C37H67NO14. The van der Waals surface area contributed by atoms with Crippen LogP contribution in [0.4, 0.5) is 0 Å². The van der Waals surface area contributed by atoms with Gasteiger partial charge in [-0.15, -0.1) is 0 Å². The lowest BCUT2D eigenvalue weighted by atomic mass is 9.79. The lowest BCUT2D eigenvalue weighted by molar-refractivity contribution is -0.318. The first-order chi connectivity index (χ1) is 23.9. The molecular weight excluding hydrogens is 682 g/mol. The number of carbonyl (C=O) groups is 2. The molecule has 5 N–H and O–H groups in total. The van der Waals surface area contributed by atoms with Crippen LogP contribution >= 0.6 is 0 Å². The topological polar surface area (TPSA) is 203 Å². The highest BCUT2D eigenvalue weighted by Crippen LogP contribution is 2.40. The fraction of sp³-hybridized carbons (Fsp3) is 0.946. The minimum Gasteiger partial charge on any atom is -0.462 e. The van der Waals surface area contributed by atoms with Crippen molar-refractivity contribution in [1.29, 1.82) is 0 Å². The smallest absolute Gasteiger partial charge is 0.311 e. The molecule has 0 aromatic carbocycles. The van der Waals surface area contributed by atoms with Gasteiger partial charge in [0, 0.05) is 31.9 Å². The van der Waals surface area contributed by atoms with Crippen LogP contribution in [0.25, 0.3) is 0 Å². The lowest BCUT2D eigenvalue weighted by Gasteiger charge is -2.48. The zero-order valence-electron chi connectivity index (χ0n) is 33.3. The van der Waals surface area contributed by atoms with Gasteiger partial charge in [-0.1, -0.05) is 13.8 Å². The number of likely N-dealkylation sites (N-methyl/N-ethyl adjacent to an activating group) is 1. The Bertz CT molecular complexity index is 1190. The summed E-state index contributed by atoms with van der Waals surface area (Å²) in [6, 6.07) is -0.334. The number of hydrogen-bond donors (Lipinski definition) is 5. The number of carbonyl (C=O) groups excluding carboxylic acids is 2. The van der Waals surface area contributed by atoms with Crippen molar-refractivity contribution in [3.63, 3.8) is 0 Å². The monoisotopic (exact) mass is 749 g/mol. The number of ether oxygens (including phenoxy) is 7. The van der Waals surface area contributed by atoms with E-state index < -0.39 is 108 Å². The molecule has 0 bridgehead atoms. The zero-order chi connectivity index (χ0) is 39.7. The third-order valence-electron chi connectivity index (χ3n) is 11.6. The van der Waals surface area contributed by atoms with Gasteiger partial charge in [0.15, 0.2) is 12.6 Å². The first-order valence-electron chi connectivity index (χ1n) is 18.6. The van der Waals surface area contributed by atoms with E-state index in [0.717, 1.165) is 0 Å². The van der Waals surface area contributed by atoms with E-state index >= 15 is 0 Å². The molecule has 0 spiro atoms. The highest BCUT2D eigenvalue weighted by atomic mass is 16.7. The van der Waals surface area contributed by atoms with Crippen LogP contribution in [0.3, 0.4) is 0 Å². The predicted molar refractivity (Wildman–Crippen MR) is 188 cm³/mol. The highest BCUT2D eigenvalue weighted by Gasteiger charge is 2.53. The third kappa shape index (κ3) is 9.83. The van der Waals surface area contributed by atoms with Crippen molar-refractivity contribution in [2.24, 2.45) is 17.8 Å². The average Bonchev–Trinajstić information content (AvgIpc) is 3.05. The van der Waals surface area contributed by atoms with E-state index in [2.05, 4.69) is 0 Å². The van der Waals surface area contributed by atoms with E-state index in [1.54, 1.807) is 41.5 Å². The molecule has 0 saturated carbocycles. The molecule has 52 heavy (non-hydrogen) atoms. The summed E-state index contributed by atoms with van der Waals surface area (Å²) in [6.45, 7) is 16.0. The van der Waals surface area contributed by atoms with Crippen molar-refractivity contribution in [2.75, 3.05) is 21.2 Å². The molecule has 0 radical (unpaired) electrons. The fourth-order valence-electron chi connectivity index (χ4n) is 8.14. The number of methoxy groups -OCH3 is 1. The Hall–Kier alpha value is -1.50. The third-order valence-corrected chi connectivity index (χ3v) is 11.6. The number of cyclic esters (lactones) is 2. The van der Waals surface area contributed by atoms with Gasteiger partial charge in [-0.3, -0.25) is 9.59 Å². The van der Waals surface area contributed by atoms with Crippen molar-refractivity contribution in [1.82, 2.24) is 4.90 Å². The molecule has 15 nitrogen and oxygen atoms in total.